The van der Waals surface area contributed by atoms with Gasteiger partial charge in [0.15, 0.2) is 11.5 Å². The van der Waals surface area contributed by atoms with Crippen molar-refractivity contribution in [1.82, 2.24) is 15.6 Å². The molecule has 0 radical (unpaired) electrons. The van der Waals surface area contributed by atoms with E-state index in [2.05, 4.69) is 20.7 Å². The molecular weight excluding hydrogens is 344 g/mol. The SMILES string of the molecule is O=C(N/N=C/c1ccc(O)c(O)c1)c1cc(-c2ccc(Cl)cc2)n[nH]1. The molecule has 0 saturated carbocycles. The van der Waals surface area contributed by atoms with E-state index < -0.39 is 5.91 Å². The van der Waals surface area contributed by atoms with Crippen LogP contribution in [-0.4, -0.2) is 32.5 Å². The number of phenolic OH excluding ortho intramolecular Hbond substituents is 2. The van der Waals surface area contributed by atoms with Gasteiger partial charge in [0.1, 0.15) is 5.69 Å². The van der Waals surface area contributed by atoms with Gasteiger partial charge in [0, 0.05) is 10.6 Å². The fourth-order valence-corrected chi connectivity index (χ4v) is 2.18. The number of hydrogen-bond donors (Lipinski definition) is 4. The Bertz CT molecular complexity index is 935. The van der Waals surface area contributed by atoms with Gasteiger partial charge in [-0.1, -0.05) is 23.7 Å². The van der Waals surface area contributed by atoms with Crippen molar-refractivity contribution in [2.24, 2.45) is 5.10 Å². The van der Waals surface area contributed by atoms with Crippen molar-refractivity contribution in [3.63, 3.8) is 0 Å². The van der Waals surface area contributed by atoms with Crippen molar-refractivity contribution in [1.29, 1.82) is 0 Å². The van der Waals surface area contributed by atoms with Crippen LogP contribution in [0.3, 0.4) is 0 Å². The standard InChI is InChI=1S/C17H13ClN4O3/c18-12-4-2-11(3-5-12)13-8-14(21-20-13)17(25)22-19-9-10-1-6-15(23)16(24)7-10/h1-9,23-24H,(H,20,21)(H,22,25)/b19-9+. The lowest BCUT2D eigenvalue weighted by Crippen LogP contribution is -2.17. The summed E-state index contributed by atoms with van der Waals surface area (Å²) in [5, 5.41) is 29.8. The molecule has 0 aliphatic carbocycles. The van der Waals surface area contributed by atoms with Gasteiger partial charge in [-0.3, -0.25) is 9.89 Å². The third-order valence-corrected chi connectivity index (χ3v) is 3.59. The van der Waals surface area contributed by atoms with Crippen LogP contribution in [-0.2, 0) is 0 Å². The van der Waals surface area contributed by atoms with Crippen LogP contribution in [0.5, 0.6) is 11.5 Å². The fourth-order valence-electron chi connectivity index (χ4n) is 2.05. The van der Waals surface area contributed by atoms with Crippen molar-refractivity contribution >= 4 is 23.7 Å². The number of rotatable bonds is 4. The van der Waals surface area contributed by atoms with Crippen LogP contribution >= 0.6 is 11.6 Å². The number of amides is 1. The minimum absolute atomic E-state index is 0.228. The number of halogens is 1. The predicted octanol–water partition coefficient (Wildman–Crippen LogP) is 2.91. The second-order valence-corrected chi connectivity index (χ2v) is 5.56. The van der Waals surface area contributed by atoms with E-state index in [1.807, 2.05) is 0 Å². The number of nitrogens with zero attached hydrogens (tertiary/aromatic N) is 2. The highest BCUT2D eigenvalue weighted by molar-refractivity contribution is 6.30. The molecule has 3 aromatic rings. The van der Waals surface area contributed by atoms with Crippen molar-refractivity contribution in [3.8, 4) is 22.8 Å². The van der Waals surface area contributed by atoms with Gasteiger partial charge >= 0.3 is 0 Å². The Morgan fingerprint density at radius 3 is 2.60 bits per heavy atom. The normalized spacial score (nSPS) is 10.9. The number of carbonyl (C=O) groups excluding carboxylic acids is 1. The summed E-state index contributed by atoms with van der Waals surface area (Å²) in [6.07, 6.45) is 1.34. The van der Waals surface area contributed by atoms with E-state index in [9.17, 15) is 15.0 Å². The molecule has 2 aromatic carbocycles. The number of benzene rings is 2. The maximum atomic E-state index is 12.0. The number of hydrogen-bond acceptors (Lipinski definition) is 5. The molecule has 0 aliphatic rings. The van der Waals surface area contributed by atoms with Crippen molar-refractivity contribution < 1.29 is 15.0 Å². The summed E-state index contributed by atoms with van der Waals surface area (Å²) in [4.78, 5) is 12.0. The minimum atomic E-state index is -0.466. The van der Waals surface area contributed by atoms with Crippen LogP contribution in [0.2, 0.25) is 5.02 Å². The molecule has 126 valence electrons. The highest BCUT2D eigenvalue weighted by Gasteiger charge is 2.10. The quantitative estimate of drug-likeness (QED) is 0.327. The van der Waals surface area contributed by atoms with Crippen LogP contribution in [0.15, 0.2) is 53.6 Å². The van der Waals surface area contributed by atoms with E-state index in [1.54, 1.807) is 36.4 Å². The first-order valence-electron chi connectivity index (χ1n) is 7.19. The number of phenols is 2. The molecular formula is C17H13ClN4O3. The average Bonchev–Trinajstić information content (AvgIpc) is 3.09. The Morgan fingerprint density at radius 2 is 1.88 bits per heavy atom. The van der Waals surface area contributed by atoms with E-state index in [1.165, 1.54) is 18.3 Å². The predicted molar refractivity (Wildman–Crippen MR) is 93.9 cm³/mol. The Labute approximate surface area is 147 Å². The van der Waals surface area contributed by atoms with Gasteiger partial charge in [0.25, 0.3) is 5.91 Å². The van der Waals surface area contributed by atoms with Gasteiger partial charge in [-0.05, 0) is 42.0 Å². The number of H-pyrrole nitrogens is 1. The van der Waals surface area contributed by atoms with Crippen molar-refractivity contribution in [2.45, 2.75) is 0 Å². The summed E-state index contributed by atoms with van der Waals surface area (Å²) < 4.78 is 0. The van der Waals surface area contributed by atoms with E-state index in [0.717, 1.165) is 5.56 Å². The van der Waals surface area contributed by atoms with Crippen LogP contribution in [0.25, 0.3) is 11.3 Å². The van der Waals surface area contributed by atoms with Crippen molar-refractivity contribution in [3.05, 3.63) is 64.8 Å². The number of carbonyl (C=O) groups is 1. The number of hydrazone groups is 1. The highest BCUT2D eigenvalue weighted by atomic mass is 35.5. The third kappa shape index (κ3) is 3.96. The summed E-state index contributed by atoms with van der Waals surface area (Å²) in [7, 11) is 0. The van der Waals surface area contributed by atoms with Gasteiger partial charge < -0.3 is 10.2 Å². The molecule has 0 atom stereocenters. The molecule has 1 aromatic heterocycles. The number of aromatic nitrogens is 2. The van der Waals surface area contributed by atoms with Gasteiger partial charge in [-0.15, -0.1) is 0 Å². The first kappa shape index (κ1) is 16.5. The Balaban J connectivity index is 1.66. The molecule has 0 aliphatic heterocycles. The zero-order chi connectivity index (χ0) is 17.8. The number of aromatic amines is 1. The van der Waals surface area contributed by atoms with Crippen LogP contribution in [0.4, 0.5) is 0 Å². The number of aromatic hydroxyl groups is 2. The monoisotopic (exact) mass is 356 g/mol. The Hall–Kier alpha value is -3.32. The van der Waals surface area contributed by atoms with Gasteiger partial charge in [-0.25, -0.2) is 5.43 Å². The fraction of sp³-hybridized carbons (Fsp3) is 0. The first-order chi connectivity index (χ1) is 12.0. The molecule has 1 heterocycles. The number of nitrogens with one attached hydrogen (secondary N) is 2. The lowest BCUT2D eigenvalue weighted by molar-refractivity contribution is 0.0950. The molecule has 1 amide bonds. The minimum Gasteiger partial charge on any atom is -0.504 e. The summed E-state index contributed by atoms with van der Waals surface area (Å²) >= 11 is 5.84. The maximum absolute atomic E-state index is 12.0. The summed E-state index contributed by atoms with van der Waals surface area (Å²) in [5.74, 6) is -0.961. The molecule has 0 spiro atoms. The Kier molecular flexibility index (Phi) is 4.67. The molecule has 0 fully saturated rings. The topological polar surface area (TPSA) is 111 Å². The smallest absolute Gasteiger partial charge is 0.289 e. The maximum Gasteiger partial charge on any atom is 0.289 e. The second kappa shape index (κ2) is 7.06. The van der Waals surface area contributed by atoms with Crippen LogP contribution in [0.1, 0.15) is 16.1 Å². The molecule has 0 bridgehead atoms. The van der Waals surface area contributed by atoms with E-state index in [-0.39, 0.29) is 17.2 Å². The lowest BCUT2D eigenvalue weighted by atomic mass is 10.1. The van der Waals surface area contributed by atoms with Gasteiger partial charge in [0.05, 0.1) is 11.9 Å². The first-order valence-corrected chi connectivity index (χ1v) is 7.57. The summed E-state index contributed by atoms with van der Waals surface area (Å²) in [5.41, 5.74) is 4.54. The zero-order valence-electron chi connectivity index (χ0n) is 12.8. The lowest BCUT2D eigenvalue weighted by Gasteiger charge is -1.99. The zero-order valence-corrected chi connectivity index (χ0v) is 13.5. The molecule has 25 heavy (non-hydrogen) atoms. The molecule has 8 heteroatoms. The Morgan fingerprint density at radius 1 is 1.12 bits per heavy atom. The molecule has 4 N–H and O–H groups in total. The van der Waals surface area contributed by atoms with E-state index in [4.69, 9.17) is 11.6 Å². The molecule has 3 rings (SSSR count). The van der Waals surface area contributed by atoms with Gasteiger partial charge in [-0.2, -0.15) is 10.2 Å². The van der Waals surface area contributed by atoms with Crippen LogP contribution in [0, 0.1) is 0 Å². The average molecular weight is 357 g/mol. The highest BCUT2D eigenvalue weighted by Crippen LogP contribution is 2.24. The van der Waals surface area contributed by atoms with Crippen molar-refractivity contribution in [2.75, 3.05) is 0 Å². The molecule has 0 unspecified atom stereocenters. The van der Waals surface area contributed by atoms with E-state index >= 15 is 0 Å². The van der Waals surface area contributed by atoms with Crippen LogP contribution < -0.4 is 5.43 Å². The van der Waals surface area contributed by atoms with E-state index in [0.29, 0.717) is 16.3 Å². The molecule has 0 saturated heterocycles. The summed E-state index contributed by atoms with van der Waals surface area (Å²) in [6.45, 7) is 0. The third-order valence-electron chi connectivity index (χ3n) is 3.34. The largest absolute Gasteiger partial charge is 0.504 e. The molecule has 7 nitrogen and oxygen atoms in total. The summed E-state index contributed by atoms with van der Waals surface area (Å²) in [6, 6.07) is 12.9. The van der Waals surface area contributed by atoms with Gasteiger partial charge in [0.2, 0.25) is 0 Å². The second-order valence-electron chi connectivity index (χ2n) is 5.12.